The van der Waals surface area contributed by atoms with Gasteiger partial charge in [-0.25, -0.2) is 0 Å². The Bertz CT molecular complexity index is 572. The van der Waals surface area contributed by atoms with Crippen LogP contribution in [0.4, 0.5) is 5.69 Å². The molecule has 1 heterocycles. The summed E-state index contributed by atoms with van der Waals surface area (Å²) < 4.78 is 0. The molecule has 1 N–H and O–H groups in total. The molecule has 1 unspecified atom stereocenters. The maximum absolute atomic E-state index is 8.84. The fraction of sp³-hybridized carbons (Fsp3) is 0.267. The Morgan fingerprint density at radius 3 is 2.84 bits per heavy atom. The van der Waals surface area contributed by atoms with E-state index in [2.05, 4.69) is 35.8 Å². The highest BCUT2D eigenvalue weighted by Crippen LogP contribution is 2.31. The molecule has 0 radical (unpaired) electrons. The third kappa shape index (κ3) is 3.50. The first-order chi connectivity index (χ1) is 9.24. The van der Waals surface area contributed by atoms with Gasteiger partial charge in [-0.15, -0.1) is 11.3 Å². The lowest BCUT2D eigenvalue weighted by atomic mass is 10.1. The van der Waals surface area contributed by atoms with E-state index in [1.807, 2.05) is 6.07 Å². The predicted molar refractivity (Wildman–Crippen MR) is 81.8 cm³/mol. The summed E-state index contributed by atoms with van der Waals surface area (Å²) in [6.07, 6.45) is 2.15. The van der Waals surface area contributed by atoms with Gasteiger partial charge in [0.15, 0.2) is 0 Å². The number of hydrogen-bond donors (Lipinski definition) is 1. The molecule has 0 fully saturated rings. The van der Waals surface area contributed by atoms with Gasteiger partial charge in [0, 0.05) is 4.88 Å². The molecule has 2 aromatic rings. The Labute approximate surface area is 122 Å². The maximum atomic E-state index is 8.84. The van der Waals surface area contributed by atoms with E-state index in [1.54, 1.807) is 23.5 Å². The lowest BCUT2D eigenvalue weighted by molar-refractivity contribution is 0.688. The van der Waals surface area contributed by atoms with Crippen LogP contribution < -0.4 is 5.32 Å². The standard InChI is InChI=1S/C15H15ClN2S/c1-2-4-14(15-5-3-8-19-15)18-13-7-6-11(10-17)9-12(13)16/h3,5-9,14,18H,2,4H2,1H3. The van der Waals surface area contributed by atoms with Crippen LogP contribution in [0.25, 0.3) is 0 Å². The van der Waals surface area contributed by atoms with Gasteiger partial charge in [-0.05, 0) is 36.1 Å². The molecule has 0 amide bonds. The molecule has 2 nitrogen and oxygen atoms in total. The van der Waals surface area contributed by atoms with E-state index in [-0.39, 0.29) is 6.04 Å². The Morgan fingerprint density at radius 2 is 2.26 bits per heavy atom. The van der Waals surface area contributed by atoms with Crippen molar-refractivity contribution in [2.75, 3.05) is 5.32 Å². The predicted octanol–water partition coefficient (Wildman–Crippen LogP) is 5.23. The number of thiophene rings is 1. The van der Waals surface area contributed by atoms with Crippen LogP contribution in [0.2, 0.25) is 5.02 Å². The second kappa shape index (κ2) is 6.60. The maximum Gasteiger partial charge on any atom is 0.0992 e. The van der Waals surface area contributed by atoms with E-state index < -0.39 is 0 Å². The monoisotopic (exact) mass is 290 g/mol. The second-order valence-corrected chi connectivity index (χ2v) is 5.69. The van der Waals surface area contributed by atoms with Crippen molar-refractivity contribution < 1.29 is 0 Å². The first-order valence-corrected chi connectivity index (χ1v) is 7.50. The number of hydrogen-bond acceptors (Lipinski definition) is 3. The molecule has 0 aliphatic heterocycles. The average Bonchev–Trinajstić information content (AvgIpc) is 2.94. The average molecular weight is 291 g/mol. The van der Waals surface area contributed by atoms with E-state index >= 15 is 0 Å². The highest BCUT2D eigenvalue weighted by Gasteiger charge is 2.13. The van der Waals surface area contributed by atoms with Crippen LogP contribution >= 0.6 is 22.9 Å². The molecule has 2 rings (SSSR count). The molecule has 0 saturated heterocycles. The highest BCUT2D eigenvalue weighted by atomic mass is 35.5. The van der Waals surface area contributed by atoms with Gasteiger partial charge in [0.1, 0.15) is 0 Å². The molecule has 0 saturated carbocycles. The first-order valence-electron chi connectivity index (χ1n) is 6.24. The lowest BCUT2D eigenvalue weighted by Gasteiger charge is -2.19. The molecule has 1 atom stereocenters. The van der Waals surface area contributed by atoms with Gasteiger partial charge in [-0.2, -0.15) is 5.26 Å². The molecule has 1 aromatic carbocycles. The van der Waals surface area contributed by atoms with Crippen LogP contribution in [0.5, 0.6) is 0 Å². The van der Waals surface area contributed by atoms with Gasteiger partial charge < -0.3 is 5.32 Å². The molecular weight excluding hydrogens is 276 g/mol. The molecule has 98 valence electrons. The van der Waals surface area contributed by atoms with Crippen molar-refractivity contribution in [2.24, 2.45) is 0 Å². The summed E-state index contributed by atoms with van der Waals surface area (Å²) in [4.78, 5) is 1.31. The SMILES string of the molecule is CCCC(Nc1ccc(C#N)cc1Cl)c1cccs1. The van der Waals surface area contributed by atoms with E-state index in [0.717, 1.165) is 18.5 Å². The fourth-order valence-electron chi connectivity index (χ4n) is 1.95. The van der Waals surface area contributed by atoms with Crippen LogP contribution in [-0.4, -0.2) is 0 Å². The topological polar surface area (TPSA) is 35.8 Å². The minimum absolute atomic E-state index is 0.274. The third-order valence-electron chi connectivity index (χ3n) is 2.89. The van der Waals surface area contributed by atoms with Crippen LogP contribution in [-0.2, 0) is 0 Å². The van der Waals surface area contributed by atoms with Crippen LogP contribution in [0.3, 0.4) is 0 Å². The van der Waals surface area contributed by atoms with Crippen molar-refractivity contribution in [3.63, 3.8) is 0 Å². The quantitative estimate of drug-likeness (QED) is 0.819. The molecule has 0 aliphatic rings. The molecule has 0 bridgehead atoms. The minimum atomic E-state index is 0.274. The van der Waals surface area contributed by atoms with Crippen molar-refractivity contribution in [1.29, 1.82) is 5.26 Å². The molecular formula is C15H15ClN2S. The minimum Gasteiger partial charge on any atom is -0.376 e. The molecule has 1 aromatic heterocycles. The summed E-state index contributed by atoms with van der Waals surface area (Å²) in [7, 11) is 0. The van der Waals surface area contributed by atoms with Crippen molar-refractivity contribution in [3.8, 4) is 6.07 Å². The number of halogens is 1. The van der Waals surface area contributed by atoms with Crippen LogP contribution in [0.15, 0.2) is 35.7 Å². The van der Waals surface area contributed by atoms with Gasteiger partial charge in [0.25, 0.3) is 0 Å². The van der Waals surface area contributed by atoms with Crippen LogP contribution in [0, 0.1) is 11.3 Å². The number of nitrogens with one attached hydrogen (secondary N) is 1. The zero-order chi connectivity index (χ0) is 13.7. The zero-order valence-electron chi connectivity index (χ0n) is 10.7. The van der Waals surface area contributed by atoms with Crippen molar-refractivity contribution >= 4 is 28.6 Å². The van der Waals surface area contributed by atoms with E-state index in [1.165, 1.54) is 4.88 Å². The second-order valence-electron chi connectivity index (χ2n) is 4.31. The van der Waals surface area contributed by atoms with Crippen molar-refractivity contribution in [1.82, 2.24) is 0 Å². The van der Waals surface area contributed by atoms with Gasteiger partial charge in [-0.3, -0.25) is 0 Å². The Morgan fingerprint density at radius 1 is 1.42 bits per heavy atom. The molecule has 4 heteroatoms. The van der Waals surface area contributed by atoms with Crippen LogP contribution in [0.1, 0.15) is 36.2 Å². The summed E-state index contributed by atoms with van der Waals surface area (Å²) in [5.74, 6) is 0. The zero-order valence-corrected chi connectivity index (χ0v) is 12.3. The molecule has 0 spiro atoms. The van der Waals surface area contributed by atoms with Gasteiger partial charge >= 0.3 is 0 Å². The summed E-state index contributed by atoms with van der Waals surface area (Å²) in [6.45, 7) is 2.17. The Hall–Kier alpha value is -1.50. The normalized spacial score (nSPS) is 11.8. The Balaban J connectivity index is 2.20. The summed E-state index contributed by atoms with van der Waals surface area (Å²) >= 11 is 7.95. The number of benzene rings is 1. The highest BCUT2D eigenvalue weighted by molar-refractivity contribution is 7.10. The first kappa shape index (κ1) is 13.9. The van der Waals surface area contributed by atoms with Gasteiger partial charge in [0.2, 0.25) is 0 Å². The van der Waals surface area contributed by atoms with Crippen molar-refractivity contribution in [3.05, 3.63) is 51.2 Å². The number of nitriles is 1. The summed E-state index contributed by atoms with van der Waals surface area (Å²) in [5.41, 5.74) is 1.46. The number of rotatable bonds is 5. The smallest absolute Gasteiger partial charge is 0.0992 e. The van der Waals surface area contributed by atoms with Gasteiger partial charge in [0.05, 0.1) is 28.4 Å². The molecule has 19 heavy (non-hydrogen) atoms. The number of anilines is 1. The largest absolute Gasteiger partial charge is 0.376 e. The lowest BCUT2D eigenvalue weighted by Crippen LogP contribution is -2.09. The van der Waals surface area contributed by atoms with E-state index in [0.29, 0.717) is 10.6 Å². The van der Waals surface area contributed by atoms with Gasteiger partial charge in [-0.1, -0.05) is 31.0 Å². The third-order valence-corrected chi connectivity index (χ3v) is 4.19. The van der Waals surface area contributed by atoms with Crippen molar-refractivity contribution in [2.45, 2.75) is 25.8 Å². The number of nitrogens with zero attached hydrogens (tertiary/aromatic N) is 1. The van der Waals surface area contributed by atoms with E-state index in [4.69, 9.17) is 16.9 Å². The summed E-state index contributed by atoms with van der Waals surface area (Å²) in [5, 5.41) is 15.0. The Kier molecular flexibility index (Phi) is 4.84. The summed E-state index contributed by atoms with van der Waals surface area (Å²) in [6, 6.07) is 11.9. The van der Waals surface area contributed by atoms with E-state index in [9.17, 15) is 0 Å². The fourth-order valence-corrected chi connectivity index (χ4v) is 3.00. The molecule has 0 aliphatic carbocycles.